The van der Waals surface area contributed by atoms with Gasteiger partial charge >= 0.3 is 0 Å². The van der Waals surface area contributed by atoms with Gasteiger partial charge in [-0.15, -0.1) is 0 Å². The van der Waals surface area contributed by atoms with E-state index in [1.807, 2.05) is 0 Å². The SMILES string of the molecule is CS(=O)(=O)Nc1cc(-c2ncnc(C(F)F)c2Cl)c(F)cc1Br. The predicted octanol–water partition coefficient (Wildman–Crippen LogP) is 4.01. The second-order valence-electron chi connectivity index (χ2n) is 4.41. The summed E-state index contributed by atoms with van der Waals surface area (Å²) in [6, 6.07) is 2.08. The number of aromatic nitrogens is 2. The molecule has 0 unspecified atom stereocenters. The third-order valence-electron chi connectivity index (χ3n) is 2.63. The van der Waals surface area contributed by atoms with E-state index in [2.05, 4.69) is 30.6 Å². The number of nitrogens with zero attached hydrogens (tertiary/aromatic N) is 2. The number of hydrogen-bond acceptors (Lipinski definition) is 4. The van der Waals surface area contributed by atoms with Gasteiger partial charge in [0, 0.05) is 10.0 Å². The van der Waals surface area contributed by atoms with Crippen LogP contribution in [0.5, 0.6) is 0 Å². The van der Waals surface area contributed by atoms with Crippen molar-refractivity contribution in [2.45, 2.75) is 6.43 Å². The Labute approximate surface area is 143 Å². The number of alkyl halides is 2. The van der Waals surface area contributed by atoms with Crippen LogP contribution in [0.25, 0.3) is 11.3 Å². The molecule has 0 saturated carbocycles. The molecule has 1 N–H and O–H groups in total. The second-order valence-corrected chi connectivity index (χ2v) is 7.39. The molecule has 0 bridgehead atoms. The van der Waals surface area contributed by atoms with Crippen LogP contribution in [-0.4, -0.2) is 24.6 Å². The van der Waals surface area contributed by atoms with Gasteiger partial charge < -0.3 is 0 Å². The highest BCUT2D eigenvalue weighted by atomic mass is 79.9. The van der Waals surface area contributed by atoms with Gasteiger partial charge in [-0.1, -0.05) is 11.6 Å². The van der Waals surface area contributed by atoms with Crippen molar-refractivity contribution in [1.29, 1.82) is 0 Å². The molecule has 11 heteroatoms. The van der Waals surface area contributed by atoms with E-state index in [1.54, 1.807) is 0 Å². The topological polar surface area (TPSA) is 72.0 Å². The first-order valence-corrected chi connectivity index (χ1v) is 8.92. The first-order valence-electron chi connectivity index (χ1n) is 5.86. The van der Waals surface area contributed by atoms with E-state index in [1.165, 1.54) is 0 Å². The summed E-state index contributed by atoms with van der Waals surface area (Å²) in [6.07, 6.45) is -1.22. The Balaban J connectivity index is 2.65. The van der Waals surface area contributed by atoms with Crippen molar-refractivity contribution in [3.63, 3.8) is 0 Å². The molecule has 0 fully saturated rings. The minimum Gasteiger partial charge on any atom is -0.283 e. The molecule has 2 rings (SSSR count). The molecule has 0 aliphatic carbocycles. The number of nitrogens with one attached hydrogen (secondary N) is 1. The van der Waals surface area contributed by atoms with Crippen LogP contribution >= 0.6 is 27.5 Å². The molecule has 1 aromatic carbocycles. The highest BCUT2D eigenvalue weighted by Crippen LogP contribution is 2.37. The lowest BCUT2D eigenvalue weighted by Gasteiger charge is -2.12. The normalized spacial score (nSPS) is 11.8. The van der Waals surface area contributed by atoms with Gasteiger partial charge in [-0.05, 0) is 28.1 Å². The molecule has 0 saturated heterocycles. The summed E-state index contributed by atoms with van der Waals surface area (Å²) < 4.78 is 64.7. The van der Waals surface area contributed by atoms with E-state index in [9.17, 15) is 21.6 Å². The molecule has 23 heavy (non-hydrogen) atoms. The van der Waals surface area contributed by atoms with Crippen LogP contribution in [0, 0.1) is 5.82 Å². The Morgan fingerprint density at radius 3 is 2.52 bits per heavy atom. The molecule has 2 aromatic rings. The summed E-state index contributed by atoms with van der Waals surface area (Å²) in [5.74, 6) is -0.822. The highest BCUT2D eigenvalue weighted by Gasteiger charge is 2.21. The molecule has 1 heterocycles. The van der Waals surface area contributed by atoms with E-state index < -0.39 is 33.0 Å². The Kier molecular flexibility index (Phi) is 5.17. The first-order chi connectivity index (χ1) is 10.6. The number of hydrogen-bond donors (Lipinski definition) is 1. The van der Waals surface area contributed by atoms with Gasteiger partial charge in [0.1, 0.15) is 17.8 Å². The summed E-state index contributed by atoms with van der Waals surface area (Å²) in [5, 5.41) is -0.506. The maximum atomic E-state index is 14.1. The van der Waals surface area contributed by atoms with Crippen molar-refractivity contribution < 1.29 is 21.6 Å². The lowest BCUT2D eigenvalue weighted by atomic mass is 10.1. The summed E-state index contributed by atoms with van der Waals surface area (Å²) in [7, 11) is -3.63. The zero-order valence-electron chi connectivity index (χ0n) is 11.3. The quantitative estimate of drug-likeness (QED) is 0.796. The number of benzene rings is 1. The van der Waals surface area contributed by atoms with Gasteiger partial charge in [-0.2, -0.15) is 0 Å². The molecule has 0 spiro atoms. The smallest absolute Gasteiger partial charge is 0.281 e. The van der Waals surface area contributed by atoms with Crippen LogP contribution in [0.2, 0.25) is 5.02 Å². The van der Waals surface area contributed by atoms with Gasteiger partial charge in [0.2, 0.25) is 10.0 Å². The molecule has 1 aromatic heterocycles. The summed E-state index contributed by atoms with van der Waals surface area (Å²) in [6.45, 7) is 0. The minimum absolute atomic E-state index is 0.0113. The largest absolute Gasteiger partial charge is 0.283 e. The molecule has 0 atom stereocenters. The van der Waals surface area contributed by atoms with Gasteiger partial charge in [0.25, 0.3) is 6.43 Å². The maximum absolute atomic E-state index is 14.1. The summed E-state index contributed by atoms with van der Waals surface area (Å²) >= 11 is 8.82. The molecular formula is C12H8BrClF3N3O2S. The van der Waals surface area contributed by atoms with Gasteiger partial charge in [0.15, 0.2) is 0 Å². The predicted molar refractivity (Wildman–Crippen MR) is 83.6 cm³/mol. The van der Waals surface area contributed by atoms with E-state index >= 15 is 0 Å². The average molecular weight is 431 g/mol. The highest BCUT2D eigenvalue weighted by molar-refractivity contribution is 9.10. The standard InChI is InChI=1S/C12H8BrClF3N3O2S/c1-23(21,22)20-8-2-5(7(15)3-6(8)13)10-9(14)11(12(16)17)19-4-18-10/h2-4,12,20H,1H3. The van der Waals surface area contributed by atoms with Crippen molar-refractivity contribution in [3.05, 3.63) is 39.5 Å². The van der Waals surface area contributed by atoms with Crippen molar-refractivity contribution in [2.75, 3.05) is 11.0 Å². The van der Waals surface area contributed by atoms with E-state index in [0.717, 1.165) is 24.7 Å². The van der Waals surface area contributed by atoms with Gasteiger partial charge in [-0.25, -0.2) is 31.6 Å². The second kappa shape index (κ2) is 6.62. The number of anilines is 1. The Morgan fingerprint density at radius 2 is 1.96 bits per heavy atom. The molecule has 124 valence electrons. The van der Waals surface area contributed by atoms with Crippen LogP contribution in [0.4, 0.5) is 18.9 Å². The van der Waals surface area contributed by atoms with Crippen LogP contribution < -0.4 is 4.72 Å². The van der Waals surface area contributed by atoms with E-state index in [0.29, 0.717) is 0 Å². The van der Waals surface area contributed by atoms with Crippen LogP contribution in [0.15, 0.2) is 22.9 Å². The third kappa shape index (κ3) is 4.12. The lowest BCUT2D eigenvalue weighted by molar-refractivity contribution is 0.146. The van der Waals surface area contributed by atoms with E-state index in [4.69, 9.17) is 11.6 Å². The van der Waals surface area contributed by atoms with Gasteiger partial charge in [0.05, 0.1) is 22.7 Å². The fourth-order valence-electron chi connectivity index (χ4n) is 1.73. The molecular weight excluding hydrogens is 423 g/mol. The average Bonchev–Trinajstić information content (AvgIpc) is 2.41. The summed E-state index contributed by atoms with van der Waals surface area (Å²) in [4.78, 5) is 7.07. The Bertz CT molecular complexity index is 865. The van der Waals surface area contributed by atoms with Crippen molar-refractivity contribution >= 4 is 43.2 Å². The van der Waals surface area contributed by atoms with Crippen LogP contribution in [0.3, 0.4) is 0 Å². The maximum Gasteiger partial charge on any atom is 0.281 e. The first kappa shape index (κ1) is 18.0. The molecule has 0 aliphatic heterocycles. The molecule has 5 nitrogen and oxygen atoms in total. The van der Waals surface area contributed by atoms with Gasteiger partial charge in [-0.3, -0.25) is 4.72 Å². The number of sulfonamides is 1. The lowest BCUT2D eigenvalue weighted by Crippen LogP contribution is -2.10. The number of halogens is 5. The zero-order chi connectivity index (χ0) is 17.4. The van der Waals surface area contributed by atoms with Crippen LogP contribution in [-0.2, 0) is 10.0 Å². The van der Waals surface area contributed by atoms with Crippen molar-refractivity contribution in [3.8, 4) is 11.3 Å². The molecule has 0 amide bonds. The molecule has 0 aliphatic rings. The monoisotopic (exact) mass is 429 g/mol. The van der Waals surface area contributed by atoms with Crippen molar-refractivity contribution in [1.82, 2.24) is 9.97 Å². The third-order valence-corrected chi connectivity index (χ3v) is 4.25. The Hall–Kier alpha value is -1.39. The zero-order valence-corrected chi connectivity index (χ0v) is 14.5. The van der Waals surface area contributed by atoms with Crippen LogP contribution in [0.1, 0.15) is 12.1 Å². The van der Waals surface area contributed by atoms with E-state index in [-0.39, 0.29) is 21.4 Å². The molecule has 0 radical (unpaired) electrons. The Morgan fingerprint density at radius 1 is 1.30 bits per heavy atom. The fraction of sp³-hybridized carbons (Fsp3) is 0.167. The van der Waals surface area contributed by atoms with Crippen molar-refractivity contribution in [2.24, 2.45) is 0 Å². The summed E-state index contributed by atoms with van der Waals surface area (Å²) in [5.41, 5.74) is -1.24. The fourth-order valence-corrected chi connectivity index (χ4v) is 3.13. The minimum atomic E-state index is -3.63. The number of rotatable bonds is 4.